The summed E-state index contributed by atoms with van der Waals surface area (Å²) in [6.07, 6.45) is 1.92. The Morgan fingerprint density at radius 3 is 1.87 bits per heavy atom. The largest absolute Gasteiger partial charge is 0.494 e. The van der Waals surface area contributed by atoms with Crippen molar-refractivity contribution in [2.75, 3.05) is 7.11 Å². The highest BCUT2D eigenvalue weighted by molar-refractivity contribution is 7.27. The predicted molar refractivity (Wildman–Crippen MR) is 100 cm³/mol. The molecule has 0 N–H and O–H groups in total. The van der Waals surface area contributed by atoms with Crippen LogP contribution in [0.15, 0.2) is 54.7 Å². The average molecular weight is 321 g/mol. The van der Waals surface area contributed by atoms with Gasteiger partial charge in [-0.3, -0.25) is 4.98 Å². The third kappa shape index (κ3) is 3.13. The second kappa shape index (κ2) is 6.52. The summed E-state index contributed by atoms with van der Waals surface area (Å²) >= 11 is 0. The first-order chi connectivity index (χ1) is 11.1. The minimum absolute atomic E-state index is 0.803. The zero-order valence-electron chi connectivity index (χ0n) is 13.6. The lowest BCUT2D eigenvalue weighted by atomic mass is 9.94. The quantitative estimate of drug-likeness (QED) is 0.661. The van der Waals surface area contributed by atoms with Gasteiger partial charge in [-0.25, -0.2) is 0 Å². The van der Waals surface area contributed by atoms with Crippen LogP contribution < -0.4 is 10.2 Å². The number of nitrogens with zero attached hydrogens (tertiary/aromatic N) is 1. The number of methoxy groups -OCH3 is 1. The molecule has 0 fully saturated rings. The second-order valence-corrected chi connectivity index (χ2v) is 6.24. The first-order valence-electron chi connectivity index (χ1n) is 7.56. The van der Waals surface area contributed by atoms with Gasteiger partial charge in [0.1, 0.15) is 0 Å². The average Bonchev–Trinajstić information content (AvgIpc) is 2.56. The maximum absolute atomic E-state index is 5.66. The van der Waals surface area contributed by atoms with Crippen molar-refractivity contribution >= 4 is 14.7 Å². The van der Waals surface area contributed by atoms with E-state index in [-0.39, 0.29) is 0 Å². The van der Waals surface area contributed by atoms with Gasteiger partial charge in [0.25, 0.3) is 0 Å². The molecule has 0 aliphatic rings. The Morgan fingerprint density at radius 1 is 0.826 bits per heavy atom. The summed E-state index contributed by atoms with van der Waals surface area (Å²) in [5.74, 6) is 0.803. The zero-order chi connectivity index (χ0) is 16.4. The SMILES string of the molecule is COc1c(P)ncc(-c2ccc(C)cc2)c1-c1ccc(C)cc1. The van der Waals surface area contributed by atoms with Gasteiger partial charge in [0.2, 0.25) is 0 Å². The smallest absolute Gasteiger partial charge is 0.152 e. The third-order valence-electron chi connectivity index (χ3n) is 3.97. The number of benzene rings is 2. The lowest BCUT2D eigenvalue weighted by Gasteiger charge is -2.16. The Bertz CT molecular complexity index is 824. The summed E-state index contributed by atoms with van der Waals surface area (Å²) in [6.45, 7) is 4.19. The predicted octanol–water partition coefficient (Wildman–Crippen LogP) is 4.54. The van der Waals surface area contributed by atoms with Crippen LogP contribution >= 0.6 is 9.24 Å². The lowest BCUT2D eigenvalue weighted by Crippen LogP contribution is -2.06. The van der Waals surface area contributed by atoms with Crippen molar-refractivity contribution in [3.05, 3.63) is 65.9 Å². The Labute approximate surface area is 139 Å². The minimum atomic E-state index is 0.803. The number of hydrogen-bond acceptors (Lipinski definition) is 2. The van der Waals surface area contributed by atoms with Crippen molar-refractivity contribution < 1.29 is 4.74 Å². The van der Waals surface area contributed by atoms with E-state index in [1.165, 1.54) is 11.1 Å². The van der Waals surface area contributed by atoms with Gasteiger partial charge in [-0.1, -0.05) is 68.9 Å². The number of pyridine rings is 1. The maximum Gasteiger partial charge on any atom is 0.152 e. The minimum Gasteiger partial charge on any atom is -0.494 e. The summed E-state index contributed by atoms with van der Waals surface area (Å²) in [7, 11) is 4.35. The van der Waals surface area contributed by atoms with Gasteiger partial charge in [0.05, 0.1) is 12.5 Å². The van der Waals surface area contributed by atoms with Crippen LogP contribution in [0.4, 0.5) is 0 Å². The maximum atomic E-state index is 5.66. The number of aryl methyl sites for hydroxylation is 2. The molecule has 0 saturated carbocycles. The van der Waals surface area contributed by atoms with E-state index in [1.54, 1.807) is 7.11 Å². The van der Waals surface area contributed by atoms with Gasteiger partial charge in [-0.2, -0.15) is 0 Å². The molecule has 23 heavy (non-hydrogen) atoms. The fourth-order valence-corrected chi connectivity index (χ4v) is 3.01. The molecular formula is C20H20NOP. The molecule has 0 spiro atoms. The number of ether oxygens (including phenoxy) is 1. The van der Waals surface area contributed by atoms with Crippen molar-refractivity contribution in [1.82, 2.24) is 4.98 Å². The van der Waals surface area contributed by atoms with Gasteiger partial charge >= 0.3 is 0 Å². The molecule has 1 heterocycles. The monoisotopic (exact) mass is 321 g/mol. The molecule has 0 radical (unpaired) electrons. The van der Waals surface area contributed by atoms with E-state index in [9.17, 15) is 0 Å². The summed E-state index contributed by atoms with van der Waals surface area (Å²) in [5, 5.41) is 0. The van der Waals surface area contributed by atoms with Crippen LogP contribution in [-0.2, 0) is 0 Å². The van der Waals surface area contributed by atoms with E-state index in [4.69, 9.17) is 4.74 Å². The molecule has 1 aromatic heterocycles. The molecule has 2 nitrogen and oxygen atoms in total. The van der Waals surface area contributed by atoms with Crippen molar-refractivity contribution in [2.45, 2.75) is 13.8 Å². The van der Waals surface area contributed by atoms with Crippen LogP contribution in [0.5, 0.6) is 5.75 Å². The molecule has 0 aliphatic heterocycles. The highest BCUT2D eigenvalue weighted by Crippen LogP contribution is 2.38. The van der Waals surface area contributed by atoms with E-state index in [0.29, 0.717) is 0 Å². The molecular weight excluding hydrogens is 301 g/mol. The Hall–Kier alpha value is -2.18. The summed E-state index contributed by atoms with van der Waals surface area (Å²) in [6, 6.07) is 17.0. The van der Waals surface area contributed by atoms with Crippen molar-refractivity contribution in [3.8, 4) is 28.0 Å². The molecule has 3 heteroatoms. The van der Waals surface area contributed by atoms with Gasteiger partial charge in [-0.15, -0.1) is 0 Å². The van der Waals surface area contributed by atoms with E-state index in [1.807, 2.05) is 6.20 Å². The van der Waals surface area contributed by atoms with E-state index in [0.717, 1.165) is 33.4 Å². The van der Waals surface area contributed by atoms with Crippen molar-refractivity contribution in [2.24, 2.45) is 0 Å². The summed E-state index contributed by atoms with van der Waals surface area (Å²) < 4.78 is 5.66. The Morgan fingerprint density at radius 2 is 1.35 bits per heavy atom. The van der Waals surface area contributed by atoms with Crippen LogP contribution in [0.2, 0.25) is 0 Å². The van der Waals surface area contributed by atoms with Crippen molar-refractivity contribution in [3.63, 3.8) is 0 Å². The second-order valence-electron chi connectivity index (χ2n) is 5.70. The first kappa shape index (κ1) is 15.7. The van der Waals surface area contributed by atoms with E-state index >= 15 is 0 Å². The fourth-order valence-electron chi connectivity index (χ4n) is 2.67. The van der Waals surface area contributed by atoms with Crippen LogP contribution in [0.1, 0.15) is 11.1 Å². The summed E-state index contributed by atoms with van der Waals surface area (Å²) in [5.41, 5.74) is 7.74. The van der Waals surface area contributed by atoms with Gasteiger partial charge in [-0.05, 0) is 25.0 Å². The zero-order valence-corrected chi connectivity index (χ0v) is 14.8. The van der Waals surface area contributed by atoms with Crippen LogP contribution in [0.25, 0.3) is 22.3 Å². The Kier molecular flexibility index (Phi) is 4.45. The molecule has 0 saturated heterocycles. The molecule has 0 bridgehead atoms. The van der Waals surface area contributed by atoms with Gasteiger partial charge < -0.3 is 4.74 Å². The van der Waals surface area contributed by atoms with Crippen LogP contribution in [0.3, 0.4) is 0 Å². The number of rotatable bonds is 3. The van der Waals surface area contributed by atoms with E-state index in [2.05, 4.69) is 76.6 Å². The van der Waals surface area contributed by atoms with Crippen LogP contribution in [-0.4, -0.2) is 12.1 Å². The first-order valence-corrected chi connectivity index (χ1v) is 8.14. The molecule has 3 rings (SSSR count). The third-order valence-corrected chi connectivity index (χ3v) is 4.38. The van der Waals surface area contributed by atoms with Gasteiger partial charge in [0.15, 0.2) is 5.75 Å². The summed E-state index contributed by atoms with van der Waals surface area (Å²) in [4.78, 5) is 4.49. The highest BCUT2D eigenvalue weighted by Gasteiger charge is 2.16. The van der Waals surface area contributed by atoms with Crippen LogP contribution in [0, 0.1) is 13.8 Å². The molecule has 116 valence electrons. The molecule has 3 aromatic rings. The Balaban J connectivity index is 2.27. The fraction of sp³-hybridized carbons (Fsp3) is 0.150. The lowest BCUT2D eigenvalue weighted by molar-refractivity contribution is 0.419. The molecule has 0 amide bonds. The molecule has 0 aliphatic carbocycles. The number of hydrogen-bond donors (Lipinski definition) is 0. The topological polar surface area (TPSA) is 22.1 Å². The van der Waals surface area contributed by atoms with Gasteiger partial charge in [0, 0.05) is 17.3 Å². The number of aromatic nitrogens is 1. The van der Waals surface area contributed by atoms with E-state index < -0.39 is 0 Å². The molecule has 1 unspecified atom stereocenters. The molecule has 2 aromatic carbocycles. The standard InChI is InChI=1S/C20H20NOP/c1-13-4-8-15(9-5-13)17-12-21-20(23)19(22-3)18(17)16-10-6-14(2)7-11-16/h4-12H,23H2,1-3H3. The normalized spacial score (nSPS) is 10.6. The molecule has 1 atom stereocenters. The van der Waals surface area contributed by atoms with Crippen molar-refractivity contribution in [1.29, 1.82) is 0 Å². The highest BCUT2D eigenvalue weighted by atomic mass is 31.0.